The maximum absolute atomic E-state index is 12.0. The van der Waals surface area contributed by atoms with Crippen LogP contribution in [-0.4, -0.2) is 18.7 Å². The molecule has 0 saturated heterocycles. The third kappa shape index (κ3) is 1.89. The lowest BCUT2D eigenvalue weighted by Crippen LogP contribution is -2.28. The fraction of sp³-hybridized carbons (Fsp3) is 0.214. The largest absolute Gasteiger partial charge is 0.330 e. The van der Waals surface area contributed by atoms with Gasteiger partial charge in [-0.15, -0.1) is 0 Å². The quantitative estimate of drug-likeness (QED) is 0.675. The summed E-state index contributed by atoms with van der Waals surface area (Å²) in [6.45, 7) is 0.680. The fourth-order valence-electron chi connectivity index (χ4n) is 2.30. The van der Waals surface area contributed by atoms with Crippen LogP contribution in [0.3, 0.4) is 0 Å². The number of aryl methyl sites for hydroxylation is 1. The number of aromatic nitrogens is 4. The average molecular weight is 286 g/mol. The van der Waals surface area contributed by atoms with Gasteiger partial charge in [0.1, 0.15) is 10.2 Å². The first kappa shape index (κ1) is 12.8. The first-order valence-corrected chi connectivity index (χ1v) is 6.65. The van der Waals surface area contributed by atoms with Crippen LogP contribution in [0.2, 0.25) is 0 Å². The summed E-state index contributed by atoms with van der Waals surface area (Å²) in [6.07, 6.45) is 1.73. The standard InChI is InChI=1S/C14H14N4OS/c1-16-12-11(13(20)17(2)14(16)19)18(9-15-12)8-10-6-4-3-5-7-10/h3-7,9H,8H2,1-2H3. The Hall–Kier alpha value is -2.21. The number of hydrogen-bond donors (Lipinski definition) is 0. The Morgan fingerprint density at radius 1 is 1.15 bits per heavy atom. The summed E-state index contributed by atoms with van der Waals surface area (Å²) in [5, 5.41) is 0. The topological polar surface area (TPSA) is 44.8 Å². The van der Waals surface area contributed by atoms with E-state index in [2.05, 4.69) is 17.1 Å². The van der Waals surface area contributed by atoms with Crippen molar-refractivity contribution < 1.29 is 0 Å². The molecular formula is C14H14N4OS. The van der Waals surface area contributed by atoms with E-state index in [1.807, 2.05) is 22.8 Å². The summed E-state index contributed by atoms with van der Waals surface area (Å²) >= 11 is 5.39. The van der Waals surface area contributed by atoms with E-state index < -0.39 is 0 Å². The van der Waals surface area contributed by atoms with E-state index in [-0.39, 0.29) is 5.69 Å². The van der Waals surface area contributed by atoms with Crippen molar-refractivity contribution in [2.75, 3.05) is 0 Å². The minimum atomic E-state index is -0.160. The van der Waals surface area contributed by atoms with E-state index >= 15 is 0 Å². The molecular weight excluding hydrogens is 272 g/mol. The van der Waals surface area contributed by atoms with Gasteiger partial charge in [-0.2, -0.15) is 0 Å². The zero-order valence-corrected chi connectivity index (χ0v) is 12.1. The maximum Gasteiger partial charge on any atom is 0.330 e. The lowest BCUT2D eigenvalue weighted by molar-refractivity contribution is 0.715. The first-order valence-electron chi connectivity index (χ1n) is 6.24. The van der Waals surface area contributed by atoms with Crippen molar-refractivity contribution in [3.05, 3.63) is 57.3 Å². The van der Waals surface area contributed by atoms with E-state index in [4.69, 9.17) is 12.2 Å². The number of hydrogen-bond acceptors (Lipinski definition) is 3. The fourth-order valence-corrected chi connectivity index (χ4v) is 2.58. The van der Waals surface area contributed by atoms with Crippen LogP contribution in [0.15, 0.2) is 41.5 Å². The molecule has 0 bridgehead atoms. The first-order chi connectivity index (χ1) is 9.59. The number of nitrogens with zero attached hydrogens (tertiary/aromatic N) is 4. The Bertz CT molecular complexity index is 889. The molecule has 20 heavy (non-hydrogen) atoms. The third-order valence-corrected chi connectivity index (χ3v) is 3.88. The van der Waals surface area contributed by atoms with Gasteiger partial charge < -0.3 is 4.57 Å². The summed E-state index contributed by atoms with van der Waals surface area (Å²) in [6, 6.07) is 10.1. The van der Waals surface area contributed by atoms with Gasteiger partial charge in [0.25, 0.3) is 0 Å². The molecule has 5 nitrogen and oxygen atoms in total. The maximum atomic E-state index is 12.0. The molecule has 0 aliphatic carbocycles. The van der Waals surface area contributed by atoms with Crippen LogP contribution in [0.1, 0.15) is 5.56 Å². The average Bonchev–Trinajstić information content (AvgIpc) is 2.88. The van der Waals surface area contributed by atoms with E-state index in [1.54, 1.807) is 20.4 Å². The Labute approximate surface area is 120 Å². The van der Waals surface area contributed by atoms with Crippen LogP contribution < -0.4 is 5.69 Å². The zero-order valence-electron chi connectivity index (χ0n) is 11.3. The van der Waals surface area contributed by atoms with Gasteiger partial charge in [0, 0.05) is 20.6 Å². The normalized spacial score (nSPS) is 11.1. The van der Waals surface area contributed by atoms with Crippen molar-refractivity contribution in [3.63, 3.8) is 0 Å². The minimum absolute atomic E-state index is 0.160. The van der Waals surface area contributed by atoms with Crippen LogP contribution >= 0.6 is 12.2 Å². The van der Waals surface area contributed by atoms with E-state index in [0.29, 0.717) is 16.8 Å². The summed E-state index contributed by atoms with van der Waals surface area (Å²) in [5.41, 5.74) is 2.44. The molecule has 0 saturated carbocycles. The van der Waals surface area contributed by atoms with Crippen molar-refractivity contribution in [3.8, 4) is 0 Å². The van der Waals surface area contributed by atoms with Crippen molar-refractivity contribution >= 4 is 23.4 Å². The highest BCUT2D eigenvalue weighted by Crippen LogP contribution is 2.14. The highest BCUT2D eigenvalue weighted by atomic mass is 32.1. The second-order valence-corrected chi connectivity index (χ2v) is 5.12. The molecule has 0 atom stereocenters. The van der Waals surface area contributed by atoms with Crippen molar-refractivity contribution in [2.45, 2.75) is 6.54 Å². The van der Waals surface area contributed by atoms with Gasteiger partial charge in [-0.3, -0.25) is 9.13 Å². The second-order valence-electron chi connectivity index (χ2n) is 4.74. The van der Waals surface area contributed by atoms with Crippen LogP contribution in [0, 0.1) is 4.64 Å². The Morgan fingerprint density at radius 3 is 2.55 bits per heavy atom. The molecule has 2 aromatic heterocycles. The molecule has 0 fully saturated rings. The minimum Gasteiger partial charge on any atom is -0.322 e. The summed E-state index contributed by atoms with van der Waals surface area (Å²) in [4.78, 5) is 16.3. The van der Waals surface area contributed by atoms with Crippen LogP contribution in [0.25, 0.3) is 11.2 Å². The lowest BCUT2D eigenvalue weighted by Gasteiger charge is -2.08. The van der Waals surface area contributed by atoms with Gasteiger partial charge >= 0.3 is 5.69 Å². The predicted octanol–water partition coefficient (Wildman–Crippen LogP) is 1.85. The Balaban J connectivity index is 2.24. The lowest BCUT2D eigenvalue weighted by atomic mass is 10.2. The van der Waals surface area contributed by atoms with Crippen molar-refractivity contribution in [1.82, 2.24) is 18.7 Å². The highest BCUT2D eigenvalue weighted by Gasteiger charge is 2.11. The van der Waals surface area contributed by atoms with Gasteiger partial charge in [0.15, 0.2) is 5.65 Å². The summed E-state index contributed by atoms with van der Waals surface area (Å²) in [7, 11) is 3.39. The SMILES string of the molecule is Cn1c(=S)c2c(ncn2Cc2ccccc2)n(C)c1=O. The Kier molecular flexibility index (Phi) is 3.02. The molecule has 6 heteroatoms. The molecule has 0 spiro atoms. The molecule has 0 aliphatic rings. The van der Waals surface area contributed by atoms with E-state index in [1.165, 1.54) is 9.13 Å². The number of rotatable bonds is 2. The van der Waals surface area contributed by atoms with Gasteiger partial charge in [0.05, 0.1) is 6.33 Å². The van der Waals surface area contributed by atoms with Crippen LogP contribution in [0.5, 0.6) is 0 Å². The number of benzene rings is 1. The van der Waals surface area contributed by atoms with Gasteiger partial charge in [-0.1, -0.05) is 42.5 Å². The molecule has 0 aliphatic heterocycles. The number of fused-ring (bicyclic) bond motifs is 1. The zero-order chi connectivity index (χ0) is 14.3. The highest BCUT2D eigenvalue weighted by molar-refractivity contribution is 7.71. The summed E-state index contributed by atoms with van der Waals surface area (Å²) < 4.78 is 5.48. The van der Waals surface area contributed by atoms with E-state index in [9.17, 15) is 4.79 Å². The molecule has 102 valence electrons. The molecule has 3 aromatic rings. The monoisotopic (exact) mass is 286 g/mol. The smallest absolute Gasteiger partial charge is 0.322 e. The van der Waals surface area contributed by atoms with E-state index in [0.717, 1.165) is 11.1 Å². The summed E-state index contributed by atoms with van der Waals surface area (Å²) in [5.74, 6) is 0. The molecule has 3 rings (SSSR count). The second kappa shape index (κ2) is 4.72. The Morgan fingerprint density at radius 2 is 1.85 bits per heavy atom. The van der Waals surface area contributed by atoms with Crippen molar-refractivity contribution in [2.24, 2.45) is 14.1 Å². The van der Waals surface area contributed by atoms with Crippen molar-refractivity contribution in [1.29, 1.82) is 0 Å². The van der Waals surface area contributed by atoms with Crippen LogP contribution in [0.4, 0.5) is 0 Å². The molecule has 0 N–H and O–H groups in total. The van der Waals surface area contributed by atoms with Gasteiger partial charge in [-0.25, -0.2) is 9.78 Å². The molecule has 0 unspecified atom stereocenters. The molecule has 0 radical (unpaired) electrons. The van der Waals surface area contributed by atoms with Gasteiger partial charge in [-0.05, 0) is 5.56 Å². The molecule has 1 aromatic carbocycles. The predicted molar refractivity (Wildman–Crippen MR) is 80.3 cm³/mol. The van der Waals surface area contributed by atoms with Gasteiger partial charge in [0.2, 0.25) is 0 Å². The molecule has 2 heterocycles. The molecule has 0 amide bonds. The third-order valence-electron chi connectivity index (χ3n) is 3.41. The number of imidazole rings is 1. The van der Waals surface area contributed by atoms with Crippen LogP contribution in [-0.2, 0) is 20.6 Å².